The van der Waals surface area contributed by atoms with Gasteiger partial charge in [-0.25, -0.2) is 0 Å². The van der Waals surface area contributed by atoms with Crippen molar-refractivity contribution in [1.29, 1.82) is 0 Å². The van der Waals surface area contributed by atoms with Crippen molar-refractivity contribution in [3.05, 3.63) is 27.3 Å². The topological polar surface area (TPSA) is 23.6 Å². The van der Waals surface area contributed by atoms with E-state index in [0.29, 0.717) is 6.04 Å². The van der Waals surface area contributed by atoms with E-state index in [2.05, 4.69) is 58.6 Å². The van der Waals surface area contributed by atoms with Crippen molar-refractivity contribution >= 4 is 34.6 Å². The van der Waals surface area contributed by atoms with Crippen LogP contribution in [0, 0.1) is 3.57 Å². The van der Waals surface area contributed by atoms with Crippen LogP contribution in [0.4, 0.5) is 5.69 Å². The second-order valence-electron chi connectivity index (χ2n) is 4.67. The molecule has 0 aromatic heterocycles. The first-order valence-corrected chi connectivity index (χ1v) is 6.86. The van der Waals surface area contributed by atoms with Gasteiger partial charge in [-0.3, -0.25) is 4.79 Å². The molecule has 17 heavy (non-hydrogen) atoms. The minimum absolute atomic E-state index is 0.591. The lowest BCUT2D eigenvalue weighted by molar-refractivity contribution is 0.112. The summed E-state index contributed by atoms with van der Waals surface area (Å²) in [4.78, 5) is 15.7. The summed E-state index contributed by atoms with van der Waals surface area (Å²) < 4.78 is 1.11. The van der Waals surface area contributed by atoms with Gasteiger partial charge in [0.25, 0.3) is 0 Å². The number of carbonyl (C=O) groups excluding carboxylic acids is 1. The monoisotopic (exact) mass is 344 g/mol. The van der Waals surface area contributed by atoms with Crippen LogP contribution >= 0.6 is 22.6 Å². The Hall–Kier alpha value is -0.620. The Bertz CT molecular complexity index is 420. The second kappa shape index (κ2) is 5.35. The number of hydrogen-bond acceptors (Lipinski definition) is 3. The van der Waals surface area contributed by atoms with Gasteiger partial charge in [0.05, 0.1) is 0 Å². The van der Waals surface area contributed by atoms with Crippen molar-refractivity contribution in [3.8, 4) is 0 Å². The van der Waals surface area contributed by atoms with Gasteiger partial charge in [0.2, 0.25) is 0 Å². The van der Waals surface area contributed by atoms with Crippen molar-refractivity contribution in [1.82, 2.24) is 4.90 Å². The molecule has 1 aliphatic rings. The van der Waals surface area contributed by atoms with Gasteiger partial charge in [0, 0.05) is 34.0 Å². The van der Waals surface area contributed by atoms with E-state index >= 15 is 0 Å². The van der Waals surface area contributed by atoms with E-state index in [1.807, 2.05) is 6.07 Å². The molecule has 1 fully saturated rings. The van der Waals surface area contributed by atoms with Crippen LogP contribution in [0.1, 0.15) is 16.8 Å². The third-order valence-electron chi connectivity index (χ3n) is 3.35. The molecule has 0 N–H and O–H groups in total. The van der Waals surface area contributed by atoms with Gasteiger partial charge in [0.1, 0.15) is 0 Å². The summed E-state index contributed by atoms with van der Waals surface area (Å²) in [6, 6.07) is 6.66. The maximum absolute atomic E-state index is 11.1. The molecule has 0 spiro atoms. The van der Waals surface area contributed by atoms with Crippen LogP contribution in [0.2, 0.25) is 0 Å². The highest BCUT2D eigenvalue weighted by Crippen LogP contribution is 2.26. The minimum atomic E-state index is 0.591. The highest BCUT2D eigenvalue weighted by molar-refractivity contribution is 14.1. The van der Waals surface area contributed by atoms with E-state index in [1.54, 1.807) is 0 Å². The fourth-order valence-electron chi connectivity index (χ4n) is 2.29. The molecule has 2 rings (SSSR count). The summed E-state index contributed by atoms with van der Waals surface area (Å²) >= 11 is 2.24. The van der Waals surface area contributed by atoms with Gasteiger partial charge < -0.3 is 9.80 Å². The number of rotatable bonds is 3. The summed E-state index contributed by atoms with van der Waals surface area (Å²) in [6.45, 7) is 2.04. The molecule has 0 amide bonds. The predicted molar refractivity (Wildman–Crippen MR) is 78.9 cm³/mol. The Kier molecular flexibility index (Phi) is 4.04. The lowest BCUT2D eigenvalue weighted by Crippen LogP contribution is -2.31. The third-order valence-corrected chi connectivity index (χ3v) is 4.02. The van der Waals surface area contributed by atoms with Crippen molar-refractivity contribution in [2.24, 2.45) is 0 Å². The average Bonchev–Trinajstić information content (AvgIpc) is 2.78. The minimum Gasteiger partial charge on any atom is -0.369 e. The van der Waals surface area contributed by atoms with Crippen LogP contribution in [0.3, 0.4) is 0 Å². The number of halogens is 1. The summed E-state index contributed by atoms with van der Waals surface area (Å²) in [5.41, 5.74) is 1.88. The van der Waals surface area contributed by atoms with E-state index in [-0.39, 0.29) is 0 Å². The summed E-state index contributed by atoms with van der Waals surface area (Å²) in [5.74, 6) is 0. The van der Waals surface area contributed by atoms with Gasteiger partial charge in [-0.2, -0.15) is 0 Å². The largest absolute Gasteiger partial charge is 0.369 e. The molecule has 3 nitrogen and oxygen atoms in total. The van der Waals surface area contributed by atoms with E-state index < -0.39 is 0 Å². The predicted octanol–water partition coefficient (Wildman–Crippen LogP) is 2.24. The van der Waals surface area contributed by atoms with Crippen LogP contribution < -0.4 is 4.90 Å². The highest BCUT2D eigenvalue weighted by Gasteiger charge is 2.25. The van der Waals surface area contributed by atoms with Crippen molar-refractivity contribution < 1.29 is 4.79 Å². The van der Waals surface area contributed by atoms with E-state index in [9.17, 15) is 4.79 Å². The van der Waals surface area contributed by atoms with Crippen molar-refractivity contribution in [2.75, 3.05) is 32.1 Å². The molecule has 0 saturated carbocycles. The highest BCUT2D eigenvalue weighted by atomic mass is 127. The van der Waals surface area contributed by atoms with E-state index in [1.165, 1.54) is 0 Å². The maximum Gasteiger partial charge on any atom is 0.152 e. The second-order valence-corrected chi connectivity index (χ2v) is 5.92. The van der Waals surface area contributed by atoms with Crippen LogP contribution in [0.5, 0.6) is 0 Å². The molecule has 1 atom stereocenters. The maximum atomic E-state index is 11.1. The Morgan fingerprint density at radius 3 is 2.82 bits per heavy atom. The molecule has 0 radical (unpaired) electrons. The molecule has 1 aromatic carbocycles. The summed E-state index contributed by atoms with van der Waals surface area (Å²) in [7, 11) is 4.23. The first-order chi connectivity index (χ1) is 8.11. The zero-order chi connectivity index (χ0) is 12.4. The first-order valence-electron chi connectivity index (χ1n) is 5.78. The molecular formula is C13H17IN2O. The number of aldehydes is 1. The summed E-state index contributed by atoms with van der Waals surface area (Å²) in [5, 5.41) is 0. The van der Waals surface area contributed by atoms with Crippen LogP contribution in [0.15, 0.2) is 18.2 Å². The average molecular weight is 344 g/mol. The first kappa shape index (κ1) is 12.8. The van der Waals surface area contributed by atoms with E-state index in [4.69, 9.17) is 0 Å². The number of benzene rings is 1. The quantitative estimate of drug-likeness (QED) is 0.621. The summed E-state index contributed by atoms with van der Waals surface area (Å²) in [6.07, 6.45) is 2.12. The van der Waals surface area contributed by atoms with Gasteiger partial charge in [-0.05, 0) is 61.3 Å². The molecule has 0 unspecified atom stereocenters. The number of carbonyl (C=O) groups is 1. The Morgan fingerprint density at radius 2 is 2.24 bits per heavy atom. The van der Waals surface area contributed by atoms with Gasteiger partial charge in [-0.15, -0.1) is 0 Å². The smallest absolute Gasteiger partial charge is 0.152 e. The normalized spacial score (nSPS) is 20.0. The van der Waals surface area contributed by atoms with Crippen molar-refractivity contribution in [2.45, 2.75) is 12.5 Å². The SMILES string of the molecule is CN(C)[C@H]1CCN(c2ccc(I)cc2C=O)C1. The number of nitrogens with zero attached hydrogens (tertiary/aromatic N) is 2. The lowest BCUT2D eigenvalue weighted by atomic mass is 10.2. The molecule has 1 saturated heterocycles. The molecule has 1 aliphatic heterocycles. The Labute approximate surface area is 116 Å². The Morgan fingerprint density at radius 1 is 1.47 bits per heavy atom. The lowest BCUT2D eigenvalue weighted by Gasteiger charge is -2.23. The molecule has 0 aliphatic carbocycles. The molecular weight excluding hydrogens is 327 g/mol. The van der Waals surface area contributed by atoms with Crippen LogP contribution in [-0.2, 0) is 0 Å². The van der Waals surface area contributed by atoms with Crippen molar-refractivity contribution in [3.63, 3.8) is 0 Å². The zero-order valence-electron chi connectivity index (χ0n) is 10.2. The molecule has 4 heteroatoms. The number of likely N-dealkylation sites (N-methyl/N-ethyl adjacent to an activating group) is 1. The Balaban J connectivity index is 2.21. The number of hydrogen-bond donors (Lipinski definition) is 0. The van der Waals surface area contributed by atoms with Crippen LogP contribution in [-0.4, -0.2) is 44.4 Å². The molecule has 1 aromatic rings. The molecule has 92 valence electrons. The van der Waals surface area contributed by atoms with Crippen LogP contribution in [0.25, 0.3) is 0 Å². The third kappa shape index (κ3) is 2.80. The standard InChI is InChI=1S/C13H17IN2O/c1-15(2)12-5-6-16(8-12)13-4-3-11(14)7-10(13)9-17/h3-4,7,9,12H,5-6,8H2,1-2H3/t12-/m0/s1. The molecule has 1 heterocycles. The fourth-order valence-corrected chi connectivity index (χ4v) is 2.81. The fraction of sp³-hybridized carbons (Fsp3) is 0.462. The van der Waals surface area contributed by atoms with E-state index in [0.717, 1.165) is 40.6 Å². The molecule has 0 bridgehead atoms. The van der Waals surface area contributed by atoms with Gasteiger partial charge in [0.15, 0.2) is 6.29 Å². The zero-order valence-corrected chi connectivity index (χ0v) is 12.3. The van der Waals surface area contributed by atoms with Gasteiger partial charge in [-0.1, -0.05) is 0 Å². The number of anilines is 1. The van der Waals surface area contributed by atoms with Gasteiger partial charge >= 0.3 is 0 Å².